The molecule has 24 heavy (non-hydrogen) atoms. The van der Waals surface area contributed by atoms with Crippen LogP contribution in [0.3, 0.4) is 0 Å². The van der Waals surface area contributed by atoms with E-state index >= 15 is 0 Å². The van der Waals surface area contributed by atoms with E-state index in [9.17, 15) is 5.26 Å². The van der Waals surface area contributed by atoms with Gasteiger partial charge in [0.15, 0.2) is 0 Å². The predicted molar refractivity (Wildman–Crippen MR) is 102 cm³/mol. The molecule has 3 rings (SSSR count). The third-order valence-electron chi connectivity index (χ3n) is 3.23. The SMILES string of the molecule is C#CCOc1ccc(Br)cc1/C=C(\C#N)c1nc2ccccc2s1. The van der Waals surface area contributed by atoms with Crippen molar-refractivity contribution >= 4 is 49.1 Å². The van der Waals surface area contributed by atoms with Gasteiger partial charge >= 0.3 is 0 Å². The maximum atomic E-state index is 9.57. The second-order valence-corrected chi connectivity index (χ2v) is 6.78. The third-order valence-corrected chi connectivity index (χ3v) is 4.79. The summed E-state index contributed by atoms with van der Waals surface area (Å²) in [7, 11) is 0. The Hall–Kier alpha value is -2.60. The van der Waals surface area contributed by atoms with Crippen molar-refractivity contribution in [2.24, 2.45) is 0 Å². The van der Waals surface area contributed by atoms with Gasteiger partial charge in [-0.1, -0.05) is 34.0 Å². The summed E-state index contributed by atoms with van der Waals surface area (Å²) < 4.78 is 7.49. The monoisotopic (exact) mass is 394 g/mol. The van der Waals surface area contributed by atoms with Crippen LogP contribution in [0.4, 0.5) is 0 Å². The molecule has 0 fully saturated rings. The molecule has 0 bridgehead atoms. The highest BCUT2D eigenvalue weighted by atomic mass is 79.9. The number of hydrogen-bond acceptors (Lipinski definition) is 4. The summed E-state index contributed by atoms with van der Waals surface area (Å²) in [6, 6.07) is 15.6. The Labute approximate surface area is 152 Å². The molecule has 116 valence electrons. The fraction of sp³-hybridized carbons (Fsp3) is 0.0526. The first-order chi connectivity index (χ1) is 11.7. The number of terminal acetylenes is 1. The molecular formula is C19H11BrN2OS. The maximum Gasteiger partial charge on any atom is 0.148 e. The Morgan fingerprint density at radius 3 is 2.92 bits per heavy atom. The van der Waals surface area contributed by atoms with E-state index in [1.165, 1.54) is 11.3 Å². The second-order valence-electron chi connectivity index (χ2n) is 4.83. The summed E-state index contributed by atoms with van der Waals surface area (Å²) >= 11 is 4.93. The highest BCUT2D eigenvalue weighted by molar-refractivity contribution is 9.10. The van der Waals surface area contributed by atoms with E-state index in [4.69, 9.17) is 11.2 Å². The van der Waals surface area contributed by atoms with E-state index in [0.717, 1.165) is 20.3 Å². The van der Waals surface area contributed by atoms with E-state index in [2.05, 4.69) is 32.9 Å². The number of nitrogens with zero attached hydrogens (tertiary/aromatic N) is 2. The minimum atomic E-state index is 0.172. The first kappa shape index (κ1) is 16.3. The molecule has 0 radical (unpaired) electrons. The lowest BCUT2D eigenvalue weighted by atomic mass is 10.1. The number of aromatic nitrogens is 1. The molecule has 2 aromatic carbocycles. The van der Waals surface area contributed by atoms with E-state index in [0.29, 0.717) is 16.3 Å². The number of para-hydroxylation sites is 1. The Balaban J connectivity index is 2.06. The molecule has 0 N–H and O–H groups in total. The van der Waals surface area contributed by atoms with Gasteiger partial charge in [0.1, 0.15) is 23.4 Å². The van der Waals surface area contributed by atoms with Gasteiger partial charge in [-0.3, -0.25) is 0 Å². The van der Waals surface area contributed by atoms with Crippen LogP contribution in [0.5, 0.6) is 5.75 Å². The van der Waals surface area contributed by atoms with Crippen LogP contribution in [0.15, 0.2) is 46.9 Å². The van der Waals surface area contributed by atoms with Crippen molar-refractivity contribution in [3.05, 3.63) is 57.5 Å². The summed E-state index contributed by atoms with van der Waals surface area (Å²) in [6.45, 7) is 0.172. The molecule has 0 spiro atoms. The third kappa shape index (κ3) is 3.49. The average Bonchev–Trinajstić information content (AvgIpc) is 3.02. The minimum Gasteiger partial charge on any atom is -0.480 e. The van der Waals surface area contributed by atoms with Gasteiger partial charge in [0.05, 0.1) is 15.8 Å². The van der Waals surface area contributed by atoms with Crippen molar-refractivity contribution in [1.29, 1.82) is 5.26 Å². The molecule has 1 aromatic heterocycles. The smallest absolute Gasteiger partial charge is 0.148 e. The van der Waals surface area contributed by atoms with E-state index in [1.54, 1.807) is 6.08 Å². The summed E-state index contributed by atoms with van der Waals surface area (Å²) in [5, 5.41) is 10.2. The standard InChI is InChI=1S/C19H11BrN2OS/c1-2-9-23-17-8-7-15(20)11-13(17)10-14(12-21)19-22-16-5-3-4-6-18(16)24-19/h1,3-8,10-11H,9H2/b14-10+. The first-order valence-corrected chi connectivity index (χ1v) is 8.66. The molecule has 0 aliphatic rings. The number of hydrogen-bond donors (Lipinski definition) is 0. The van der Waals surface area contributed by atoms with Crippen molar-refractivity contribution in [3.63, 3.8) is 0 Å². The number of benzene rings is 2. The van der Waals surface area contributed by atoms with Crippen LogP contribution in [0, 0.1) is 23.7 Å². The van der Waals surface area contributed by atoms with Crippen molar-refractivity contribution in [3.8, 4) is 24.2 Å². The van der Waals surface area contributed by atoms with Crippen molar-refractivity contribution in [1.82, 2.24) is 4.98 Å². The second kappa shape index (κ2) is 7.31. The lowest BCUT2D eigenvalue weighted by molar-refractivity contribution is 0.369. The van der Waals surface area contributed by atoms with E-state index < -0.39 is 0 Å². The normalized spacial score (nSPS) is 11.0. The summed E-state index contributed by atoms with van der Waals surface area (Å²) in [6.07, 6.45) is 7.03. The lowest BCUT2D eigenvalue weighted by Gasteiger charge is -2.07. The van der Waals surface area contributed by atoms with E-state index in [-0.39, 0.29) is 6.61 Å². The molecule has 0 atom stereocenters. The molecule has 3 aromatic rings. The van der Waals surface area contributed by atoms with Crippen molar-refractivity contribution in [2.45, 2.75) is 0 Å². The number of rotatable bonds is 4. The van der Waals surface area contributed by atoms with Gasteiger partial charge < -0.3 is 4.74 Å². The zero-order valence-corrected chi connectivity index (χ0v) is 14.9. The zero-order chi connectivity index (χ0) is 16.9. The van der Waals surface area contributed by atoms with Gasteiger partial charge in [0.2, 0.25) is 0 Å². The minimum absolute atomic E-state index is 0.172. The summed E-state index contributed by atoms with van der Waals surface area (Å²) in [5.74, 6) is 3.07. The lowest BCUT2D eigenvalue weighted by Crippen LogP contribution is -1.95. The van der Waals surface area contributed by atoms with Crippen molar-refractivity contribution in [2.75, 3.05) is 6.61 Å². The molecule has 5 heteroatoms. The fourth-order valence-electron chi connectivity index (χ4n) is 2.17. The predicted octanol–water partition coefficient (Wildman–Crippen LogP) is 5.13. The number of fused-ring (bicyclic) bond motifs is 1. The maximum absolute atomic E-state index is 9.57. The Bertz CT molecular complexity index is 975. The zero-order valence-electron chi connectivity index (χ0n) is 12.5. The summed E-state index contributed by atoms with van der Waals surface area (Å²) in [5.41, 5.74) is 2.15. The Morgan fingerprint density at radius 1 is 1.33 bits per heavy atom. The summed E-state index contributed by atoms with van der Waals surface area (Å²) in [4.78, 5) is 4.54. The highest BCUT2D eigenvalue weighted by Gasteiger charge is 2.10. The Kier molecular flexibility index (Phi) is 4.96. The number of allylic oxidation sites excluding steroid dienone is 1. The van der Waals surface area contributed by atoms with Crippen LogP contribution < -0.4 is 4.74 Å². The van der Waals surface area contributed by atoms with Crippen LogP contribution in [-0.2, 0) is 0 Å². The van der Waals surface area contributed by atoms with Crippen LogP contribution in [0.2, 0.25) is 0 Å². The largest absolute Gasteiger partial charge is 0.480 e. The molecular weight excluding hydrogens is 384 g/mol. The number of nitriles is 1. The van der Waals surface area contributed by atoms with Crippen LogP contribution >= 0.6 is 27.3 Å². The number of thiazole rings is 1. The molecule has 0 saturated heterocycles. The van der Waals surface area contributed by atoms with Gasteiger partial charge in [-0.05, 0) is 36.4 Å². The van der Waals surface area contributed by atoms with E-state index in [1.807, 2.05) is 42.5 Å². The molecule has 3 nitrogen and oxygen atoms in total. The van der Waals surface area contributed by atoms with Gasteiger partial charge in [-0.25, -0.2) is 4.98 Å². The molecule has 0 amide bonds. The molecule has 0 unspecified atom stereocenters. The number of ether oxygens (including phenoxy) is 1. The number of halogens is 1. The highest BCUT2D eigenvalue weighted by Crippen LogP contribution is 2.31. The van der Waals surface area contributed by atoms with Gasteiger partial charge in [0, 0.05) is 10.0 Å². The van der Waals surface area contributed by atoms with Gasteiger partial charge in [-0.15, -0.1) is 17.8 Å². The molecule has 0 saturated carbocycles. The Morgan fingerprint density at radius 2 is 2.17 bits per heavy atom. The topological polar surface area (TPSA) is 45.9 Å². The fourth-order valence-corrected chi connectivity index (χ4v) is 3.48. The quantitative estimate of drug-likeness (QED) is 0.454. The van der Waals surface area contributed by atoms with Crippen molar-refractivity contribution < 1.29 is 4.74 Å². The van der Waals surface area contributed by atoms with Gasteiger partial charge in [-0.2, -0.15) is 5.26 Å². The molecule has 0 aliphatic carbocycles. The average molecular weight is 395 g/mol. The van der Waals surface area contributed by atoms with Crippen LogP contribution in [0.25, 0.3) is 21.9 Å². The first-order valence-electron chi connectivity index (χ1n) is 7.05. The van der Waals surface area contributed by atoms with Crippen LogP contribution in [-0.4, -0.2) is 11.6 Å². The van der Waals surface area contributed by atoms with Gasteiger partial charge in [0.25, 0.3) is 0 Å². The molecule has 1 heterocycles. The molecule has 0 aliphatic heterocycles. The van der Waals surface area contributed by atoms with Crippen LogP contribution in [0.1, 0.15) is 10.6 Å².